The summed E-state index contributed by atoms with van der Waals surface area (Å²) in [4.78, 5) is 11.7. The van der Waals surface area contributed by atoms with Crippen molar-refractivity contribution >= 4 is 34.8 Å². The number of amides is 1. The summed E-state index contributed by atoms with van der Waals surface area (Å²) in [6, 6.07) is 4.25. The van der Waals surface area contributed by atoms with Crippen LogP contribution >= 0.6 is 23.8 Å². The van der Waals surface area contributed by atoms with E-state index in [-0.39, 0.29) is 28.2 Å². The minimum atomic E-state index is -0.521. The number of carbonyl (C=O) groups excluding carboxylic acids is 1. The summed E-state index contributed by atoms with van der Waals surface area (Å²) in [5, 5.41) is 3.35. The molecule has 1 atom stereocenters. The van der Waals surface area contributed by atoms with Gasteiger partial charge in [0.2, 0.25) is 5.91 Å². The normalized spacial score (nSPS) is 11.6. The van der Waals surface area contributed by atoms with Gasteiger partial charge in [-0.2, -0.15) is 0 Å². The van der Waals surface area contributed by atoms with Crippen LogP contribution in [-0.4, -0.2) is 30.8 Å². The first-order valence-corrected chi connectivity index (χ1v) is 6.99. The number of hydrazine groups is 1. The van der Waals surface area contributed by atoms with Gasteiger partial charge in [0.25, 0.3) is 0 Å². The predicted octanol–water partition coefficient (Wildman–Crippen LogP) is 1.55. The molecule has 8 heteroatoms. The van der Waals surface area contributed by atoms with E-state index in [4.69, 9.17) is 28.6 Å². The first-order valence-electron chi connectivity index (χ1n) is 6.21. The Bertz CT molecular complexity index is 496. The molecule has 1 aromatic rings. The van der Waals surface area contributed by atoms with Crippen molar-refractivity contribution in [1.29, 1.82) is 0 Å². The smallest absolute Gasteiger partial charge is 0.242 e. The van der Waals surface area contributed by atoms with Crippen LogP contribution in [0.1, 0.15) is 12.5 Å². The molecule has 1 aromatic carbocycles. The van der Waals surface area contributed by atoms with Crippen molar-refractivity contribution < 1.29 is 13.9 Å². The monoisotopic (exact) mass is 333 g/mol. The van der Waals surface area contributed by atoms with E-state index in [0.717, 1.165) is 0 Å². The molecular weight excluding hydrogens is 317 g/mol. The van der Waals surface area contributed by atoms with Gasteiger partial charge in [-0.1, -0.05) is 17.7 Å². The van der Waals surface area contributed by atoms with Crippen LogP contribution in [0.2, 0.25) is 5.02 Å². The second-order valence-corrected chi connectivity index (χ2v) is 5.20. The standard InChI is InChI=1S/C13H17ClFN3O2S/c1-8(7-20-2)16-13(21)18-17-12(19)6-9-10(14)4-3-5-11(9)15/h3-5,8H,6-7H2,1-2H3,(H,17,19)(H2,16,18,21)/t8-/m1/s1. The van der Waals surface area contributed by atoms with Crippen LogP contribution in [0.15, 0.2) is 18.2 Å². The molecule has 0 fully saturated rings. The van der Waals surface area contributed by atoms with Crippen molar-refractivity contribution in [2.75, 3.05) is 13.7 Å². The lowest BCUT2D eigenvalue weighted by Gasteiger charge is -2.16. The molecule has 0 spiro atoms. The minimum Gasteiger partial charge on any atom is -0.383 e. The molecule has 0 radical (unpaired) electrons. The summed E-state index contributed by atoms with van der Waals surface area (Å²) in [5.41, 5.74) is 5.05. The van der Waals surface area contributed by atoms with Gasteiger partial charge in [-0.25, -0.2) is 4.39 Å². The maximum atomic E-state index is 13.5. The summed E-state index contributed by atoms with van der Waals surface area (Å²) in [6.07, 6.45) is -0.186. The van der Waals surface area contributed by atoms with Gasteiger partial charge < -0.3 is 10.1 Å². The molecule has 0 aromatic heterocycles. The second kappa shape index (κ2) is 8.76. The number of halogens is 2. The highest BCUT2D eigenvalue weighted by Gasteiger charge is 2.12. The average Bonchev–Trinajstić information content (AvgIpc) is 2.41. The first kappa shape index (κ1) is 17.6. The maximum absolute atomic E-state index is 13.5. The lowest BCUT2D eigenvalue weighted by molar-refractivity contribution is -0.121. The lowest BCUT2D eigenvalue weighted by atomic mass is 10.1. The van der Waals surface area contributed by atoms with Crippen molar-refractivity contribution in [3.05, 3.63) is 34.6 Å². The SMILES string of the molecule is COC[C@@H](C)NC(=S)NNC(=O)Cc1c(F)cccc1Cl. The Hall–Kier alpha value is -1.44. The number of rotatable bonds is 5. The number of benzene rings is 1. The van der Waals surface area contributed by atoms with Crippen molar-refractivity contribution in [1.82, 2.24) is 16.2 Å². The molecule has 0 bridgehead atoms. The number of hydrogen-bond acceptors (Lipinski definition) is 3. The Labute approximate surface area is 133 Å². The highest BCUT2D eigenvalue weighted by Crippen LogP contribution is 2.19. The molecule has 116 valence electrons. The minimum absolute atomic E-state index is 0.00656. The Kier molecular flexibility index (Phi) is 7.35. The van der Waals surface area contributed by atoms with Gasteiger partial charge in [0.1, 0.15) is 5.82 Å². The fourth-order valence-electron chi connectivity index (χ4n) is 1.58. The van der Waals surface area contributed by atoms with Crippen LogP contribution < -0.4 is 16.2 Å². The quantitative estimate of drug-likeness (QED) is 0.564. The molecular formula is C13H17ClFN3O2S. The summed E-state index contributed by atoms with van der Waals surface area (Å²) in [7, 11) is 1.58. The molecule has 5 nitrogen and oxygen atoms in total. The van der Waals surface area contributed by atoms with Gasteiger partial charge in [-0.3, -0.25) is 15.6 Å². The highest BCUT2D eigenvalue weighted by molar-refractivity contribution is 7.80. The Morgan fingerprint density at radius 1 is 1.48 bits per heavy atom. The fraction of sp³-hybridized carbons (Fsp3) is 0.385. The molecule has 0 aliphatic rings. The molecule has 21 heavy (non-hydrogen) atoms. The number of hydrogen-bond donors (Lipinski definition) is 3. The van der Waals surface area contributed by atoms with Crippen molar-refractivity contribution in [3.8, 4) is 0 Å². The molecule has 3 N–H and O–H groups in total. The van der Waals surface area contributed by atoms with Crippen LogP contribution in [0, 0.1) is 5.82 Å². The number of methoxy groups -OCH3 is 1. The van der Waals surface area contributed by atoms with Crippen molar-refractivity contribution in [2.45, 2.75) is 19.4 Å². The van der Waals surface area contributed by atoms with E-state index in [0.29, 0.717) is 6.61 Å². The van der Waals surface area contributed by atoms with E-state index in [1.807, 2.05) is 6.92 Å². The topological polar surface area (TPSA) is 62.4 Å². The molecule has 1 rings (SSSR count). The zero-order valence-electron chi connectivity index (χ0n) is 11.7. The summed E-state index contributed by atoms with van der Waals surface area (Å²) in [5.74, 6) is -0.974. The van der Waals surface area contributed by atoms with E-state index < -0.39 is 11.7 Å². The van der Waals surface area contributed by atoms with Gasteiger partial charge in [-0.05, 0) is 31.3 Å². The molecule has 0 aliphatic heterocycles. The summed E-state index contributed by atoms with van der Waals surface area (Å²) < 4.78 is 18.5. The number of nitrogens with one attached hydrogen (secondary N) is 3. The maximum Gasteiger partial charge on any atom is 0.242 e. The lowest BCUT2D eigenvalue weighted by Crippen LogP contribution is -2.50. The van der Waals surface area contributed by atoms with Gasteiger partial charge in [0, 0.05) is 23.7 Å². The van der Waals surface area contributed by atoms with Gasteiger partial charge in [0.15, 0.2) is 5.11 Å². The fourth-order valence-corrected chi connectivity index (χ4v) is 2.07. The number of ether oxygens (including phenoxy) is 1. The third-order valence-electron chi connectivity index (χ3n) is 2.51. The Morgan fingerprint density at radius 3 is 2.81 bits per heavy atom. The molecule has 1 amide bonds. The third kappa shape index (κ3) is 6.24. The highest BCUT2D eigenvalue weighted by atomic mass is 35.5. The van der Waals surface area contributed by atoms with Crippen molar-refractivity contribution in [3.63, 3.8) is 0 Å². The summed E-state index contributed by atoms with van der Waals surface area (Å²) >= 11 is 10.8. The Morgan fingerprint density at radius 2 is 2.19 bits per heavy atom. The Balaban J connectivity index is 2.43. The first-order chi connectivity index (χ1) is 9.93. The van der Waals surface area contributed by atoms with E-state index in [1.54, 1.807) is 7.11 Å². The molecule has 0 unspecified atom stereocenters. The van der Waals surface area contributed by atoms with Crippen LogP contribution in [-0.2, 0) is 16.0 Å². The van der Waals surface area contributed by atoms with Crippen LogP contribution in [0.5, 0.6) is 0 Å². The second-order valence-electron chi connectivity index (χ2n) is 4.38. The zero-order valence-corrected chi connectivity index (χ0v) is 13.3. The van der Waals surface area contributed by atoms with E-state index in [2.05, 4.69) is 16.2 Å². The van der Waals surface area contributed by atoms with Gasteiger partial charge in [0.05, 0.1) is 13.0 Å². The van der Waals surface area contributed by atoms with E-state index in [9.17, 15) is 9.18 Å². The van der Waals surface area contributed by atoms with Crippen LogP contribution in [0.4, 0.5) is 4.39 Å². The van der Waals surface area contributed by atoms with Crippen LogP contribution in [0.3, 0.4) is 0 Å². The molecule has 0 heterocycles. The van der Waals surface area contributed by atoms with E-state index in [1.165, 1.54) is 18.2 Å². The van der Waals surface area contributed by atoms with Crippen LogP contribution in [0.25, 0.3) is 0 Å². The van der Waals surface area contributed by atoms with Gasteiger partial charge in [-0.15, -0.1) is 0 Å². The average molecular weight is 334 g/mol. The zero-order chi connectivity index (χ0) is 15.8. The van der Waals surface area contributed by atoms with Crippen molar-refractivity contribution in [2.24, 2.45) is 0 Å². The number of carbonyl (C=O) groups is 1. The largest absolute Gasteiger partial charge is 0.383 e. The molecule has 0 aliphatic carbocycles. The molecule has 0 saturated carbocycles. The molecule has 0 saturated heterocycles. The third-order valence-corrected chi connectivity index (χ3v) is 3.08. The number of thiocarbonyl (C=S) groups is 1. The van der Waals surface area contributed by atoms with E-state index >= 15 is 0 Å². The van der Waals surface area contributed by atoms with Gasteiger partial charge >= 0.3 is 0 Å². The summed E-state index contributed by atoms with van der Waals surface area (Å²) in [6.45, 7) is 2.35. The predicted molar refractivity (Wildman–Crippen MR) is 83.5 cm³/mol.